The average Bonchev–Trinajstić information content (AvgIpc) is 3.22. The van der Waals surface area contributed by atoms with E-state index in [9.17, 15) is 4.79 Å². The average molecular weight is 404 g/mol. The zero-order valence-corrected chi connectivity index (χ0v) is 17.3. The van der Waals surface area contributed by atoms with Gasteiger partial charge in [-0.25, -0.2) is 4.98 Å². The Kier molecular flexibility index (Phi) is 6.12. The highest BCUT2D eigenvalue weighted by molar-refractivity contribution is 7.99. The molecule has 0 saturated heterocycles. The summed E-state index contributed by atoms with van der Waals surface area (Å²) in [5, 5.41) is 12.7. The van der Waals surface area contributed by atoms with Crippen molar-refractivity contribution in [1.29, 1.82) is 0 Å². The molecule has 0 unspecified atom stereocenters. The number of benzene rings is 1. The number of rotatable bonds is 7. The molecule has 3 aromatic rings. The van der Waals surface area contributed by atoms with Gasteiger partial charge in [0.25, 0.3) is 0 Å². The number of aromatic nitrogens is 4. The number of thiazole rings is 1. The molecule has 0 aliphatic heterocycles. The van der Waals surface area contributed by atoms with Crippen molar-refractivity contribution in [1.82, 2.24) is 19.7 Å². The number of amides is 1. The Morgan fingerprint density at radius 3 is 2.74 bits per heavy atom. The molecule has 1 aromatic carbocycles. The van der Waals surface area contributed by atoms with E-state index in [4.69, 9.17) is 4.74 Å². The SMILES string of the molecule is CCn1c(SCC(=O)Nc2nc(C)c(C)s2)nnc1-c1ccccc1OC. The topological polar surface area (TPSA) is 81.9 Å². The highest BCUT2D eigenvalue weighted by Gasteiger charge is 2.17. The van der Waals surface area contributed by atoms with Crippen LogP contribution in [0.4, 0.5) is 5.13 Å². The summed E-state index contributed by atoms with van der Waals surface area (Å²) >= 11 is 2.83. The molecule has 142 valence electrons. The van der Waals surface area contributed by atoms with E-state index in [1.165, 1.54) is 23.1 Å². The summed E-state index contributed by atoms with van der Waals surface area (Å²) in [6.07, 6.45) is 0. The lowest BCUT2D eigenvalue weighted by Gasteiger charge is -2.10. The lowest BCUT2D eigenvalue weighted by atomic mass is 10.2. The summed E-state index contributed by atoms with van der Waals surface area (Å²) in [5.41, 5.74) is 1.81. The predicted molar refractivity (Wildman–Crippen MR) is 109 cm³/mol. The van der Waals surface area contributed by atoms with Gasteiger partial charge in [0.2, 0.25) is 5.91 Å². The second kappa shape index (κ2) is 8.53. The van der Waals surface area contributed by atoms with Crippen LogP contribution in [0.1, 0.15) is 17.5 Å². The van der Waals surface area contributed by atoms with E-state index in [0.29, 0.717) is 16.8 Å². The normalized spacial score (nSPS) is 10.8. The van der Waals surface area contributed by atoms with E-state index in [1.54, 1.807) is 7.11 Å². The molecule has 0 saturated carbocycles. The third kappa shape index (κ3) is 4.30. The van der Waals surface area contributed by atoms with Crippen molar-refractivity contribution >= 4 is 34.1 Å². The van der Waals surface area contributed by atoms with Crippen LogP contribution in [0.2, 0.25) is 0 Å². The number of hydrogen-bond donors (Lipinski definition) is 1. The van der Waals surface area contributed by atoms with Gasteiger partial charge in [0.15, 0.2) is 16.1 Å². The van der Waals surface area contributed by atoms with Gasteiger partial charge in [-0.2, -0.15) is 0 Å². The number of ether oxygens (including phenoxy) is 1. The second-order valence-electron chi connectivity index (χ2n) is 5.75. The van der Waals surface area contributed by atoms with Gasteiger partial charge in [0, 0.05) is 11.4 Å². The summed E-state index contributed by atoms with van der Waals surface area (Å²) in [7, 11) is 1.63. The predicted octanol–water partition coefficient (Wildman–Crippen LogP) is 3.78. The Labute approximate surface area is 166 Å². The van der Waals surface area contributed by atoms with Crippen LogP contribution in [0.15, 0.2) is 29.4 Å². The Morgan fingerprint density at radius 1 is 1.30 bits per heavy atom. The molecule has 3 rings (SSSR count). The minimum absolute atomic E-state index is 0.113. The fraction of sp³-hybridized carbons (Fsp3) is 0.333. The molecule has 7 nitrogen and oxygen atoms in total. The molecule has 1 N–H and O–H groups in total. The summed E-state index contributed by atoms with van der Waals surface area (Å²) < 4.78 is 7.41. The Balaban J connectivity index is 1.72. The quantitative estimate of drug-likeness (QED) is 0.605. The summed E-state index contributed by atoms with van der Waals surface area (Å²) in [6.45, 7) is 6.63. The highest BCUT2D eigenvalue weighted by Crippen LogP contribution is 2.31. The van der Waals surface area contributed by atoms with Gasteiger partial charge in [0.1, 0.15) is 5.75 Å². The number of carbonyl (C=O) groups is 1. The van der Waals surface area contributed by atoms with Crippen LogP contribution in [0, 0.1) is 13.8 Å². The van der Waals surface area contributed by atoms with Gasteiger partial charge in [-0.3, -0.25) is 4.79 Å². The minimum atomic E-state index is -0.113. The minimum Gasteiger partial charge on any atom is -0.496 e. The maximum atomic E-state index is 12.2. The molecule has 1 amide bonds. The number of nitrogens with one attached hydrogen (secondary N) is 1. The maximum absolute atomic E-state index is 12.2. The monoisotopic (exact) mass is 403 g/mol. The molecule has 27 heavy (non-hydrogen) atoms. The van der Waals surface area contributed by atoms with Gasteiger partial charge in [-0.1, -0.05) is 23.9 Å². The van der Waals surface area contributed by atoms with E-state index in [-0.39, 0.29) is 11.7 Å². The van der Waals surface area contributed by atoms with E-state index < -0.39 is 0 Å². The molecule has 0 aliphatic carbocycles. The van der Waals surface area contributed by atoms with Crippen molar-refractivity contribution in [3.63, 3.8) is 0 Å². The summed E-state index contributed by atoms with van der Waals surface area (Å²) in [6, 6.07) is 7.69. The molecular weight excluding hydrogens is 382 g/mol. The number of thioether (sulfide) groups is 1. The van der Waals surface area contributed by atoms with Gasteiger partial charge < -0.3 is 14.6 Å². The number of carbonyl (C=O) groups excluding carboxylic acids is 1. The molecule has 0 fully saturated rings. The largest absolute Gasteiger partial charge is 0.496 e. The first-order valence-corrected chi connectivity index (χ1v) is 10.3. The molecule has 0 aliphatic rings. The van der Waals surface area contributed by atoms with Crippen molar-refractivity contribution in [3.8, 4) is 17.1 Å². The molecule has 0 atom stereocenters. The van der Waals surface area contributed by atoms with Crippen molar-refractivity contribution in [2.24, 2.45) is 0 Å². The Hall–Kier alpha value is -2.39. The smallest absolute Gasteiger partial charge is 0.236 e. The van der Waals surface area contributed by atoms with Gasteiger partial charge in [0.05, 0.1) is 24.1 Å². The standard InChI is InChI=1S/C18H21N5O2S2/c1-5-23-16(13-8-6-7-9-14(13)25-4)21-22-18(23)26-10-15(24)20-17-19-11(2)12(3)27-17/h6-9H,5,10H2,1-4H3,(H,19,20,24). The molecule has 0 radical (unpaired) electrons. The van der Waals surface area contributed by atoms with E-state index >= 15 is 0 Å². The van der Waals surface area contributed by atoms with Crippen molar-refractivity contribution < 1.29 is 9.53 Å². The number of nitrogens with zero attached hydrogens (tertiary/aromatic N) is 4. The van der Waals surface area contributed by atoms with Gasteiger partial charge in [-0.15, -0.1) is 21.5 Å². The fourth-order valence-corrected chi connectivity index (χ4v) is 4.15. The van der Waals surface area contributed by atoms with Crippen LogP contribution in [0.5, 0.6) is 5.75 Å². The van der Waals surface area contributed by atoms with Crippen molar-refractivity contribution in [2.45, 2.75) is 32.5 Å². The second-order valence-corrected chi connectivity index (χ2v) is 7.89. The molecule has 0 bridgehead atoms. The summed E-state index contributed by atoms with van der Waals surface area (Å²) in [5.74, 6) is 1.59. The van der Waals surface area contributed by atoms with Crippen LogP contribution in [-0.4, -0.2) is 38.5 Å². The lowest BCUT2D eigenvalue weighted by molar-refractivity contribution is -0.113. The highest BCUT2D eigenvalue weighted by atomic mass is 32.2. The molecule has 0 spiro atoms. The third-order valence-electron chi connectivity index (χ3n) is 3.99. The van der Waals surface area contributed by atoms with Crippen molar-refractivity contribution in [3.05, 3.63) is 34.8 Å². The van der Waals surface area contributed by atoms with Crippen LogP contribution in [0.3, 0.4) is 0 Å². The zero-order valence-electron chi connectivity index (χ0n) is 15.6. The van der Waals surface area contributed by atoms with Gasteiger partial charge in [-0.05, 0) is 32.9 Å². The first-order chi connectivity index (χ1) is 13.0. The summed E-state index contributed by atoms with van der Waals surface area (Å²) in [4.78, 5) is 17.7. The first-order valence-electron chi connectivity index (χ1n) is 8.46. The fourth-order valence-electron chi connectivity index (χ4n) is 2.52. The van der Waals surface area contributed by atoms with Crippen molar-refractivity contribution in [2.75, 3.05) is 18.2 Å². The van der Waals surface area contributed by atoms with Crippen LogP contribution in [0.25, 0.3) is 11.4 Å². The third-order valence-corrected chi connectivity index (χ3v) is 5.94. The lowest BCUT2D eigenvalue weighted by Crippen LogP contribution is -2.14. The molecule has 2 heterocycles. The van der Waals surface area contributed by atoms with Gasteiger partial charge >= 0.3 is 0 Å². The Morgan fingerprint density at radius 2 is 2.07 bits per heavy atom. The van der Waals surface area contributed by atoms with E-state index in [2.05, 4.69) is 20.5 Å². The van der Waals surface area contributed by atoms with Crippen LogP contribution < -0.4 is 10.1 Å². The molecule has 2 aromatic heterocycles. The zero-order chi connectivity index (χ0) is 19.4. The van der Waals surface area contributed by atoms with E-state index in [0.717, 1.165) is 27.7 Å². The Bertz CT molecular complexity index is 932. The number of hydrogen-bond acceptors (Lipinski definition) is 7. The maximum Gasteiger partial charge on any atom is 0.236 e. The van der Waals surface area contributed by atoms with Crippen LogP contribution >= 0.6 is 23.1 Å². The number of aryl methyl sites for hydroxylation is 2. The van der Waals surface area contributed by atoms with Crippen LogP contribution in [-0.2, 0) is 11.3 Å². The molecular formula is C18H21N5O2S2. The first kappa shape index (κ1) is 19.4. The van der Waals surface area contributed by atoms with E-state index in [1.807, 2.05) is 49.6 Å². The number of para-hydroxylation sites is 1. The number of anilines is 1. The molecule has 9 heteroatoms. The number of methoxy groups -OCH3 is 1.